The van der Waals surface area contributed by atoms with Crippen LogP contribution in [0, 0.1) is 11.8 Å². The molecular weight excluding hydrogens is 440 g/mol. The molecule has 2 saturated heterocycles. The topological polar surface area (TPSA) is 87.1 Å². The molecule has 0 radical (unpaired) electrons. The fourth-order valence-corrected chi connectivity index (χ4v) is 8.87. The monoisotopic (exact) mass is 474 g/mol. The van der Waals surface area contributed by atoms with Crippen LogP contribution in [0.5, 0.6) is 0 Å². The van der Waals surface area contributed by atoms with Gasteiger partial charge in [-0.25, -0.2) is 0 Å². The number of allylic oxidation sites excluding steroid dienone is 1. The van der Waals surface area contributed by atoms with E-state index < -0.39 is 27.4 Å². The Bertz CT molecular complexity index is 884. The summed E-state index contributed by atoms with van der Waals surface area (Å²) in [4.78, 5) is 44.8. The number of rotatable bonds is 3. The van der Waals surface area contributed by atoms with Crippen molar-refractivity contribution in [1.82, 2.24) is 9.80 Å². The maximum atomic E-state index is 14.1. The maximum absolute atomic E-state index is 14.1. The minimum atomic E-state index is -0.852. The number of amides is 2. The second-order valence-electron chi connectivity index (χ2n) is 10.1. The minimum Gasteiger partial charge on any atom is -0.465 e. The van der Waals surface area contributed by atoms with Crippen LogP contribution < -0.4 is 0 Å². The van der Waals surface area contributed by atoms with E-state index in [1.165, 1.54) is 6.42 Å². The maximum Gasteiger partial charge on any atom is 0.311 e. The Morgan fingerprint density at radius 1 is 1.06 bits per heavy atom. The van der Waals surface area contributed by atoms with Crippen LogP contribution >= 0.6 is 11.8 Å². The predicted molar refractivity (Wildman–Crippen MR) is 125 cm³/mol. The zero-order valence-corrected chi connectivity index (χ0v) is 20.1. The Hall–Kier alpha value is -1.80. The number of aliphatic hydroxyl groups is 1. The molecule has 180 valence electrons. The molecule has 0 bridgehead atoms. The van der Waals surface area contributed by atoms with Crippen molar-refractivity contribution in [3.63, 3.8) is 0 Å². The summed E-state index contributed by atoms with van der Waals surface area (Å²) in [6.07, 6.45) is 15.2. The van der Waals surface area contributed by atoms with E-state index in [2.05, 4.69) is 12.2 Å². The highest BCUT2D eigenvalue weighted by molar-refractivity contribution is 8.02. The number of ether oxygens (including phenoxy) is 1. The van der Waals surface area contributed by atoms with Crippen LogP contribution in [0.15, 0.2) is 24.3 Å². The summed E-state index contributed by atoms with van der Waals surface area (Å²) >= 11 is 1.57. The number of carbonyl (C=O) groups excluding carboxylic acids is 3. The smallest absolute Gasteiger partial charge is 0.311 e. The first-order valence-electron chi connectivity index (χ1n) is 12.4. The van der Waals surface area contributed by atoms with Gasteiger partial charge in [0.15, 0.2) is 0 Å². The molecule has 1 N–H and O–H groups in total. The molecule has 7 nitrogen and oxygen atoms in total. The van der Waals surface area contributed by atoms with Crippen LogP contribution in [0.4, 0.5) is 0 Å². The normalized spacial score (nSPS) is 40.3. The van der Waals surface area contributed by atoms with Gasteiger partial charge in [-0.15, -0.1) is 11.8 Å². The molecule has 5 atom stereocenters. The van der Waals surface area contributed by atoms with E-state index in [1.54, 1.807) is 16.7 Å². The number of cyclic esters (lactones) is 1. The molecule has 8 heteroatoms. The highest BCUT2D eigenvalue weighted by atomic mass is 32.2. The second-order valence-corrected chi connectivity index (χ2v) is 11.9. The van der Waals surface area contributed by atoms with Crippen LogP contribution in [0.2, 0.25) is 0 Å². The number of fused-ring (bicyclic) bond motifs is 2. The van der Waals surface area contributed by atoms with Gasteiger partial charge in [-0.2, -0.15) is 0 Å². The van der Waals surface area contributed by atoms with Gasteiger partial charge >= 0.3 is 5.97 Å². The van der Waals surface area contributed by atoms with Gasteiger partial charge in [-0.3, -0.25) is 14.4 Å². The number of esters is 1. The fraction of sp³-hybridized carbons (Fsp3) is 0.720. The summed E-state index contributed by atoms with van der Waals surface area (Å²) in [6.45, 7) is 2.73. The molecule has 4 aliphatic heterocycles. The molecule has 2 amide bonds. The average Bonchev–Trinajstić information content (AvgIpc) is 3.14. The van der Waals surface area contributed by atoms with Crippen molar-refractivity contribution in [2.75, 3.05) is 26.3 Å². The van der Waals surface area contributed by atoms with Crippen LogP contribution in [0.25, 0.3) is 0 Å². The summed E-state index contributed by atoms with van der Waals surface area (Å²) in [7, 11) is 0. The van der Waals surface area contributed by atoms with Crippen LogP contribution in [0.1, 0.15) is 51.9 Å². The third kappa shape index (κ3) is 3.55. The number of β-amino-alcohol motifs (C(OH)–C–C–N with tert-alkyl or cyclic N) is 1. The molecule has 5 rings (SSSR count). The van der Waals surface area contributed by atoms with Crippen LogP contribution in [-0.2, 0) is 19.1 Å². The van der Waals surface area contributed by atoms with E-state index in [0.29, 0.717) is 13.2 Å². The highest BCUT2D eigenvalue weighted by Gasteiger charge is 2.73. The lowest BCUT2D eigenvalue weighted by atomic mass is 9.74. The van der Waals surface area contributed by atoms with E-state index in [1.807, 2.05) is 24.0 Å². The van der Waals surface area contributed by atoms with Crippen molar-refractivity contribution >= 4 is 29.5 Å². The number of carbonyl (C=O) groups is 3. The Balaban J connectivity index is 1.60. The van der Waals surface area contributed by atoms with Gasteiger partial charge in [0.2, 0.25) is 11.8 Å². The van der Waals surface area contributed by atoms with Crippen molar-refractivity contribution < 1.29 is 24.2 Å². The van der Waals surface area contributed by atoms with Gasteiger partial charge in [-0.1, -0.05) is 43.6 Å². The first-order valence-corrected chi connectivity index (χ1v) is 13.2. The third-order valence-corrected chi connectivity index (χ3v) is 9.93. The molecular formula is C25H34N2O5S. The molecule has 4 heterocycles. The second kappa shape index (κ2) is 8.77. The van der Waals surface area contributed by atoms with E-state index in [0.717, 1.165) is 38.5 Å². The fourth-order valence-electron chi connectivity index (χ4n) is 6.72. The number of thioether (sulfide) groups is 1. The van der Waals surface area contributed by atoms with Gasteiger partial charge < -0.3 is 19.6 Å². The van der Waals surface area contributed by atoms with Crippen molar-refractivity contribution in [1.29, 1.82) is 0 Å². The lowest BCUT2D eigenvalue weighted by molar-refractivity contribution is -0.154. The van der Waals surface area contributed by atoms with E-state index in [-0.39, 0.29) is 37.0 Å². The first-order chi connectivity index (χ1) is 15.9. The Morgan fingerprint density at radius 2 is 1.85 bits per heavy atom. The van der Waals surface area contributed by atoms with Gasteiger partial charge in [-0.05, 0) is 32.6 Å². The zero-order valence-electron chi connectivity index (χ0n) is 19.3. The van der Waals surface area contributed by atoms with Gasteiger partial charge in [0.1, 0.15) is 6.04 Å². The molecule has 0 aromatic rings. The molecule has 1 aliphatic carbocycles. The summed E-state index contributed by atoms with van der Waals surface area (Å²) in [5, 5.41) is 9.77. The summed E-state index contributed by atoms with van der Waals surface area (Å²) in [5.74, 6) is -1.98. The molecule has 5 aliphatic rings. The zero-order chi connectivity index (χ0) is 23.2. The Kier molecular flexibility index (Phi) is 6.10. The molecule has 33 heavy (non-hydrogen) atoms. The minimum absolute atomic E-state index is 0.0452. The van der Waals surface area contributed by atoms with Crippen LogP contribution in [0.3, 0.4) is 0 Å². The third-order valence-electron chi connectivity index (χ3n) is 8.14. The first kappa shape index (κ1) is 23.0. The molecule has 0 aromatic heterocycles. The summed E-state index contributed by atoms with van der Waals surface area (Å²) in [5.41, 5.74) is 0. The lowest BCUT2D eigenvalue weighted by Gasteiger charge is -2.39. The average molecular weight is 475 g/mol. The largest absolute Gasteiger partial charge is 0.465 e. The SMILES string of the molecule is C[C@]12/C=C\CCCOC(=O)[C@H]1[C@H]1C(=O)N(CCO)C3C(=O)N(C4CCCCC4)CC=C[C@@]31S2. The number of nitrogens with zero attached hydrogens (tertiary/aromatic N) is 2. The molecule has 1 spiro atoms. The lowest BCUT2D eigenvalue weighted by Crippen LogP contribution is -2.56. The number of aliphatic hydroxyl groups excluding tert-OH is 1. The van der Waals surface area contributed by atoms with Crippen LogP contribution in [-0.4, -0.2) is 80.6 Å². The Labute approximate surface area is 199 Å². The Morgan fingerprint density at radius 3 is 2.61 bits per heavy atom. The van der Waals surface area contributed by atoms with Gasteiger partial charge in [0.05, 0.1) is 29.8 Å². The summed E-state index contributed by atoms with van der Waals surface area (Å²) < 4.78 is 4.12. The number of likely N-dealkylation sites (tertiary alicyclic amines) is 1. The van der Waals surface area contributed by atoms with Crippen molar-refractivity contribution in [3.8, 4) is 0 Å². The van der Waals surface area contributed by atoms with Gasteiger partial charge in [0.25, 0.3) is 0 Å². The van der Waals surface area contributed by atoms with E-state index >= 15 is 0 Å². The number of hydrogen-bond acceptors (Lipinski definition) is 6. The number of hydrogen-bond donors (Lipinski definition) is 1. The van der Waals surface area contributed by atoms with Gasteiger partial charge in [0, 0.05) is 23.9 Å². The van der Waals surface area contributed by atoms with Crippen molar-refractivity contribution in [2.24, 2.45) is 11.8 Å². The van der Waals surface area contributed by atoms with Crippen molar-refractivity contribution in [2.45, 2.75) is 73.4 Å². The van der Waals surface area contributed by atoms with E-state index in [9.17, 15) is 19.5 Å². The highest BCUT2D eigenvalue weighted by Crippen LogP contribution is 2.65. The molecule has 1 unspecified atom stereocenters. The molecule has 0 aromatic carbocycles. The summed E-state index contributed by atoms with van der Waals surface area (Å²) in [6, 6.07) is -0.540. The van der Waals surface area contributed by atoms with Crippen molar-refractivity contribution in [3.05, 3.63) is 24.3 Å². The van der Waals surface area contributed by atoms with E-state index in [4.69, 9.17) is 4.74 Å². The standard InChI is InChI=1S/C25H34N2O5S/c1-24-11-6-3-7-16-32-23(31)19(24)18-21(29)27(14-15-28)20-22(30)26(17-9-4-2-5-10-17)13-8-12-25(18,20)33-24/h6,8,11-12,17-20,28H,2-5,7,9-10,13-16H2,1H3/b11-6-/t18-,19+,20?,24-,25-/m0/s1. The molecule has 3 fully saturated rings. The molecule has 1 saturated carbocycles. The quantitative estimate of drug-likeness (QED) is 0.499. The predicted octanol–water partition coefficient (Wildman–Crippen LogP) is 2.29.